The molecule has 0 amide bonds. The Balaban J connectivity index is 0.00000245. The average Bonchev–Trinajstić information content (AvgIpc) is 3.52. The Morgan fingerprint density at radius 2 is 1.88 bits per heavy atom. The SMILES string of the molecule is CN=C(NCC1(c2ccc3c(c2)OCO3)CCOCC1)N1CCN(c2cccs2)CC1.I. The number of benzene rings is 1. The van der Waals surface area contributed by atoms with Crippen molar-refractivity contribution in [3.05, 3.63) is 41.3 Å². The second kappa shape index (κ2) is 10.5. The number of guanidine groups is 1. The molecule has 1 aromatic carbocycles. The van der Waals surface area contributed by atoms with E-state index >= 15 is 0 Å². The fourth-order valence-corrected chi connectivity index (χ4v) is 5.51. The van der Waals surface area contributed by atoms with Crippen LogP contribution >= 0.6 is 35.3 Å². The number of hydrogen-bond donors (Lipinski definition) is 1. The summed E-state index contributed by atoms with van der Waals surface area (Å²) in [5, 5.41) is 7.20. The molecule has 1 N–H and O–H groups in total. The molecular formula is C23H31IN4O3S. The monoisotopic (exact) mass is 570 g/mol. The van der Waals surface area contributed by atoms with E-state index in [4.69, 9.17) is 14.2 Å². The molecule has 1 aromatic heterocycles. The molecule has 0 spiro atoms. The van der Waals surface area contributed by atoms with Crippen LogP contribution in [0.1, 0.15) is 18.4 Å². The Bertz CT molecular complexity index is 910. The number of rotatable bonds is 4. The summed E-state index contributed by atoms with van der Waals surface area (Å²) in [6.07, 6.45) is 1.95. The lowest BCUT2D eigenvalue weighted by Crippen LogP contribution is -2.54. The van der Waals surface area contributed by atoms with E-state index in [0.717, 1.165) is 76.2 Å². The second-order valence-corrected chi connectivity index (χ2v) is 9.21. The van der Waals surface area contributed by atoms with Gasteiger partial charge in [0.05, 0.1) is 5.00 Å². The summed E-state index contributed by atoms with van der Waals surface area (Å²) in [5.41, 5.74) is 1.28. The fraction of sp³-hybridized carbons (Fsp3) is 0.522. The first-order valence-corrected chi connectivity index (χ1v) is 11.9. The highest BCUT2D eigenvalue weighted by atomic mass is 127. The molecule has 5 rings (SSSR count). The van der Waals surface area contributed by atoms with E-state index in [2.05, 4.69) is 49.8 Å². The number of nitrogens with zero attached hydrogens (tertiary/aromatic N) is 3. The highest BCUT2D eigenvalue weighted by Crippen LogP contribution is 2.40. The summed E-state index contributed by atoms with van der Waals surface area (Å²) in [6, 6.07) is 10.7. The summed E-state index contributed by atoms with van der Waals surface area (Å²) in [7, 11) is 1.88. The summed E-state index contributed by atoms with van der Waals surface area (Å²) in [6.45, 7) is 6.65. The minimum absolute atomic E-state index is 0. The molecule has 3 aliphatic heterocycles. The fourth-order valence-electron chi connectivity index (χ4n) is 4.73. The van der Waals surface area contributed by atoms with Gasteiger partial charge in [0.2, 0.25) is 6.79 Å². The predicted octanol–water partition coefficient (Wildman–Crippen LogP) is 3.54. The zero-order valence-electron chi connectivity index (χ0n) is 18.4. The van der Waals surface area contributed by atoms with Crippen molar-refractivity contribution >= 4 is 46.3 Å². The number of aliphatic imine (C=N–C) groups is 1. The third kappa shape index (κ3) is 4.79. The van der Waals surface area contributed by atoms with E-state index < -0.39 is 0 Å². The summed E-state index contributed by atoms with van der Waals surface area (Å²) in [5.74, 6) is 2.66. The quantitative estimate of drug-likeness (QED) is 0.345. The van der Waals surface area contributed by atoms with Crippen LogP contribution in [-0.4, -0.2) is 70.6 Å². The first-order valence-electron chi connectivity index (χ1n) is 11.0. The first-order chi connectivity index (χ1) is 15.3. The van der Waals surface area contributed by atoms with E-state index in [1.54, 1.807) is 0 Å². The lowest BCUT2D eigenvalue weighted by molar-refractivity contribution is 0.0511. The van der Waals surface area contributed by atoms with E-state index in [0.29, 0.717) is 6.79 Å². The van der Waals surface area contributed by atoms with Gasteiger partial charge in [0.25, 0.3) is 0 Å². The number of halogens is 1. The van der Waals surface area contributed by atoms with Gasteiger partial charge in [-0.25, -0.2) is 0 Å². The normalized spacial score (nSPS) is 20.1. The molecule has 174 valence electrons. The lowest BCUT2D eigenvalue weighted by atomic mass is 9.74. The van der Waals surface area contributed by atoms with Crippen LogP contribution in [0.15, 0.2) is 40.7 Å². The summed E-state index contributed by atoms with van der Waals surface area (Å²) >= 11 is 1.81. The second-order valence-electron chi connectivity index (χ2n) is 8.29. The zero-order valence-corrected chi connectivity index (χ0v) is 21.6. The molecule has 2 aromatic rings. The molecule has 9 heteroatoms. The Morgan fingerprint density at radius 3 is 2.59 bits per heavy atom. The summed E-state index contributed by atoms with van der Waals surface area (Å²) in [4.78, 5) is 9.44. The molecule has 0 aliphatic carbocycles. The van der Waals surface area contributed by atoms with Crippen LogP contribution in [0.25, 0.3) is 0 Å². The van der Waals surface area contributed by atoms with Crippen molar-refractivity contribution in [3.63, 3.8) is 0 Å². The lowest BCUT2D eigenvalue weighted by Gasteiger charge is -2.41. The number of fused-ring (bicyclic) bond motifs is 1. The minimum Gasteiger partial charge on any atom is -0.454 e. The van der Waals surface area contributed by atoms with E-state index in [9.17, 15) is 0 Å². The van der Waals surface area contributed by atoms with Gasteiger partial charge in [-0.05, 0) is 48.1 Å². The highest BCUT2D eigenvalue weighted by molar-refractivity contribution is 14.0. The van der Waals surface area contributed by atoms with Crippen LogP contribution in [0.5, 0.6) is 11.5 Å². The Labute approximate surface area is 210 Å². The van der Waals surface area contributed by atoms with Crippen molar-refractivity contribution in [2.45, 2.75) is 18.3 Å². The largest absolute Gasteiger partial charge is 0.454 e. The summed E-state index contributed by atoms with van der Waals surface area (Å²) < 4.78 is 16.9. The molecule has 32 heavy (non-hydrogen) atoms. The number of hydrogen-bond acceptors (Lipinski definition) is 6. The maximum Gasteiger partial charge on any atom is 0.231 e. The molecule has 4 heterocycles. The molecule has 0 saturated carbocycles. The van der Waals surface area contributed by atoms with Crippen molar-refractivity contribution in [1.82, 2.24) is 10.2 Å². The Morgan fingerprint density at radius 1 is 1.09 bits per heavy atom. The molecule has 0 radical (unpaired) electrons. The van der Waals surface area contributed by atoms with Gasteiger partial charge < -0.3 is 29.3 Å². The molecule has 0 bridgehead atoms. The maximum atomic E-state index is 5.71. The van der Waals surface area contributed by atoms with Gasteiger partial charge in [-0.3, -0.25) is 4.99 Å². The van der Waals surface area contributed by atoms with Gasteiger partial charge >= 0.3 is 0 Å². The van der Waals surface area contributed by atoms with Crippen LogP contribution in [0, 0.1) is 0 Å². The number of anilines is 1. The Kier molecular flexibility index (Phi) is 7.67. The van der Waals surface area contributed by atoms with Gasteiger partial charge in [0.15, 0.2) is 17.5 Å². The van der Waals surface area contributed by atoms with Crippen LogP contribution in [0.2, 0.25) is 0 Å². The van der Waals surface area contributed by atoms with Crippen molar-refractivity contribution in [2.24, 2.45) is 4.99 Å². The van der Waals surface area contributed by atoms with Crippen LogP contribution in [0.3, 0.4) is 0 Å². The topological polar surface area (TPSA) is 58.6 Å². The van der Waals surface area contributed by atoms with E-state index in [1.807, 2.05) is 24.5 Å². The van der Waals surface area contributed by atoms with Gasteiger partial charge in [0.1, 0.15) is 0 Å². The highest BCUT2D eigenvalue weighted by Gasteiger charge is 2.36. The van der Waals surface area contributed by atoms with Crippen LogP contribution < -0.4 is 19.7 Å². The zero-order chi connectivity index (χ0) is 21.1. The van der Waals surface area contributed by atoms with Gasteiger partial charge in [-0.15, -0.1) is 35.3 Å². The number of nitrogens with one attached hydrogen (secondary N) is 1. The standard InChI is InChI=1S/C23H30N4O3S.HI/c1-24-22(27-10-8-26(9-11-27)21-3-2-14-31-21)25-16-23(6-12-28-13-7-23)18-4-5-19-20(15-18)30-17-29-19;/h2-5,14-15H,6-13,16-17H2,1H3,(H,24,25);1H. The molecule has 2 saturated heterocycles. The smallest absolute Gasteiger partial charge is 0.231 e. The van der Waals surface area contributed by atoms with Crippen molar-refractivity contribution in [2.75, 3.05) is 64.7 Å². The van der Waals surface area contributed by atoms with Crippen LogP contribution in [-0.2, 0) is 10.2 Å². The van der Waals surface area contributed by atoms with Gasteiger partial charge in [0, 0.05) is 58.4 Å². The third-order valence-electron chi connectivity index (χ3n) is 6.63. The van der Waals surface area contributed by atoms with Crippen LogP contribution in [0.4, 0.5) is 5.00 Å². The molecule has 0 unspecified atom stereocenters. The molecular weight excluding hydrogens is 539 g/mol. The van der Waals surface area contributed by atoms with E-state index in [-0.39, 0.29) is 29.4 Å². The van der Waals surface area contributed by atoms with Gasteiger partial charge in [-0.2, -0.15) is 0 Å². The van der Waals surface area contributed by atoms with Crippen molar-refractivity contribution < 1.29 is 14.2 Å². The van der Waals surface area contributed by atoms with Crippen molar-refractivity contribution in [3.8, 4) is 11.5 Å². The van der Waals surface area contributed by atoms with Gasteiger partial charge in [-0.1, -0.05) is 6.07 Å². The number of thiophene rings is 1. The minimum atomic E-state index is -0.00599. The molecule has 2 fully saturated rings. The number of piperazine rings is 1. The van der Waals surface area contributed by atoms with Crippen molar-refractivity contribution in [1.29, 1.82) is 0 Å². The molecule has 0 atom stereocenters. The predicted molar refractivity (Wildman–Crippen MR) is 139 cm³/mol. The molecule has 7 nitrogen and oxygen atoms in total. The van der Waals surface area contributed by atoms with E-state index in [1.165, 1.54) is 10.6 Å². The first kappa shape index (κ1) is 23.4. The number of ether oxygens (including phenoxy) is 3. The average molecular weight is 570 g/mol. The Hall–Kier alpha value is -1.72. The molecule has 3 aliphatic rings. The third-order valence-corrected chi connectivity index (χ3v) is 7.56. The maximum absolute atomic E-state index is 5.71.